The van der Waals surface area contributed by atoms with Gasteiger partial charge in [-0.25, -0.2) is 8.42 Å². The first-order valence-corrected chi connectivity index (χ1v) is 10.4. The van der Waals surface area contributed by atoms with Crippen LogP contribution in [0.5, 0.6) is 0 Å². The number of sulfonamides is 1. The molecule has 140 valence electrons. The number of hydrogen-bond acceptors (Lipinski definition) is 3. The molecule has 2 aromatic carbocycles. The summed E-state index contributed by atoms with van der Waals surface area (Å²) in [5.74, 6) is -0.343. The molecule has 6 heteroatoms. The average Bonchev–Trinajstić information content (AvgIpc) is 2.57. The Morgan fingerprint density at radius 2 is 1.62 bits per heavy atom. The highest BCUT2D eigenvalue weighted by atomic mass is 32.2. The zero-order valence-corrected chi connectivity index (χ0v) is 16.7. The van der Waals surface area contributed by atoms with Crippen molar-refractivity contribution in [2.45, 2.75) is 39.8 Å². The van der Waals surface area contributed by atoms with E-state index >= 15 is 0 Å². The summed E-state index contributed by atoms with van der Waals surface area (Å²) in [5.41, 5.74) is 3.49. The van der Waals surface area contributed by atoms with E-state index in [0.29, 0.717) is 5.69 Å². The molecule has 2 rings (SSSR count). The van der Waals surface area contributed by atoms with Crippen molar-refractivity contribution in [2.75, 3.05) is 10.6 Å². The van der Waals surface area contributed by atoms with Gasteiger partial charge >= 0.3 is 0 Å². The zero-order chi connectivity index (χ0) is 19.5. The molecule has 0 spiro atoms. The first kappa shape index (κ1) is 20.0. The Morgan fingerprint density at radius 1 is 1.00 bits per heavy atom. The Balaban J connectivity index is 2.27. The average molecular weight is 375 g/mol. The number of nitrogens with zero attached hydrogens (tertiary/aromatic N) is 1. The molecular weight excluding hydrogens is 348 g/mol. The minimum Gasteiger partial charge on any atom is -0.348 e. The van der Waals surface area contributed by atoms with Crippen LogP contribution >= 0.6 is 0 Å². The minimum absolute atomic E-state index is 0.215. The van der Waals surface area contributed by atoms with Gasteiger partial charge in [0.15, 0.2) is 0 Å². The lowest BCUT2D eigenvalue weighted by Gasteiger charge is -2.29. The number of hydrogen-bond donors (Lipinski definition) is 1. The smallest absolute Gasteiger partial charge is 0.244 e. The first-order chi connectivity index (χ1) is 12.1. The van der Waals surface area contributed by atoms with Gasteiger partial charge in [-0.2, -0.15) is 0 Å². The maximum atomic E-state index is 12.7. The molecule has 1 N–H and O–H groups in total. The van der Waals surface area contributed by atoms with E-state index in [4.69, 9.17) is 0 Å². The van der Waals surface area contributed by atoms with Gasteiger partial charge in [-0.3, -0.25) is 9.10 Å². The number of anilines is 1. The lowest BCUT2D eigenvalue weighted by molar-refractivity contribution is -0.122. The van der Waals surface area contributed by atoms with Crippen LogP contribution in [0.3, 0.4) is 0 Å². The third-order valence-electron chi connectivity index (χ3n) is 4.49. The number of amides is 1. The van der Waals surface area contributed by atoms with Crippen molar-refractivity contribution in [3.63, 3.8) is 0 Å². The largest absolute Gasteiger partial charge is 0.348 e. The monoisotopic (exact) mass is 374 g/mol. The molecule has 0 bridgehead atoms. The van der Waals surface area contributed by atoms with E-state index in [1.165, 1.54) is 4.31 Å². The molecule has 0 radical (unpaired) electrons. The van der Waals surface area contributed by atoms with Gasteiger partial charge in [0.25, 0.3) is 0 Å². The number of carbonyl (C=O) groups is 1. The van der Waals surface area contributed by atoms with Gasteiger partial charge < -0.3 is 5.32 Å². The van der Waals surface area contributed by atoms with Gasteiger partial charge in [-0.05, 0) is 56.5 Å². The predicted octanol–water partition coefficient (Wildman–Crippen LogP) is 3.34. The van der Waals surface area contributed by atoms with E-state index in [1.54, 1.807) is 19.1 Å². The summed E-state index contributed by atoms with van der Waals surface area (Å²) in [6, 6.07) is 13.9. The fraction of sp³-hybridized carbons (Fsp3) is 0.350. The van der Waals surface area contributed by atoms with Crippen molar-refractivity contribution >= 4 is 21.6 Å². The molecule has 0 heterocycles. The third-order valence-corrected chi connectivity index (χ3v) is 5.73. The van der Waals surface area contributed by atoms with Gasteiger partial charge in [-0.15, -0.1) is 0 Å². The topological polar surface area (TPSA) is 66.5 Å². The highest BCUT2D eigenvalue weighted by Gasteiger charge is 2.30. The summed E-state index contributed by atoms with van der Waals surface area (Å²) in [7, 11) is -3.62. The quantitative estimate of drug-likeness (QED) is 0.843. The molecule has 0 aliphatic rings. The maximum Gasteiger partial charge on any atom is 0.244 e. The highest BCUT2D eigenvalue weighted by Crippen LogP contribution is 2.24. The molecular formula is C20H26N2O3S. The number of nitrogens with one attached hydrogen (secondary N) is 1. The van der Waals surface area contributed by atoms with Crippen LogP contribution in [0.15, 0.2) is 48.5 Å². The Morgan fingerprint density at radius 3 is 2.15 bits per heavy atom. The van der Waals surface area contributed by atoms with Crippen molar-refractivity contribution < 1.29 is 13.2 Å². The van der Waals surface area contributed by atoms with Crippen molar-refractivity contribution in [3.8, 4) is 0 Å². The molecule has 0 saturated carbocycles. The van der Waals surface area contributed by atoms with Crippen LogP contribution in [0, 0.1) is 13.8 Å². The van der Waals surface area contributed by atoms with E-state index in [-0.39, 0.29) is 11.9 Å². The van der Waals surface area contributed by atoms with Crippen molar-refractivity contribution in [2.24, 2.45) is 0 Å². The molecule has 2 atom stereocenters. The lowest BCUT2D eigenvalue weighted by atomic mass is 10.1. The van der Waals surface area contributed by atoms with E-state index in [9.17, 15) is 13.2 Å². The van der Waals surface area contributed by atoms with Crippen LogP contribution in [0.25, 0.3) is 0 Å². The molecule has 0 aliphatic heterocycles. The fourth-order valence-corrected chi connectivity index (χ4v) is 4.00. The Labute approximate surface area is 156 Å². The summed E-state index contributed by atoms with van der Waals surface area (Å²) >= 11 is 0. The van der Waals surface area contributed by atoms with Crippen LogP contribution in [0.1, 0.15) is 36.6 Å². The van der Waals surface area contributed by atoms with Crippen LogP contribution < -0.4 is 9.62 Å². The Bertz CT molecular complexity index is 879. The van der Waals surface area contributed by atoms with Gasteiger partial charge in [0, 0.05) is 0 Å². The predicted molar refractivity (Wildman–Crippen MR) is 106 cm³/mol. The molecule has 0 saturated heterocycles. The van der Waals surface area contributed by atoms with E-state index < -0.39 is 16.1 Å². The second-order valence-corrected chi connectivity index (χ2v) is 8.50. The van der Waals surface area contributed by atoms with Crippen LogP contribution in [0.4, 0.5) is 5.69 Å². The number of carbonyl (C=O) groups excluding carboxylic acids is 1. The molecule has 5 nitrogen and oxygen atoms in total. The fourth-order valence-electron chi connectivity index (χ4n) is 2.83. The van der Waals surface area contributed by atoms with Crippen molar-refractivity contribution in [3.05, 3.63) is 65.2 Å². The third kappa shape index (κ3) is 4.64. The highest BCUT2D eigenvalue weighted by molar-refractivity contribution is 7.92. The first-order valence-electron chi connectivity index (χ1n) is 8.53. The second kappa shape index (κ2) is 7.91. The maximum absolute atomic E-state index is 12.7. The molecule has 0 aliphatic carbocycles. The number of benzene rings is 2. The molecule has 2 aromatic rings. The van der Waals surface area contributed by atoms with Gasteiger partial charge in [0.2, 0.25) is 15.9 Å². The summed E-state index contributed by atoms with van der Waals surface area (Å²) < 4.78 is 25.9. The van der Waals surface area contributed by atoms with Crippen LogP contribution in [-0.4, -0.2) is 26.6 Å². The summed E-state index contributed by atoms with van der Waals surface area (Å²) in [6.07, 6.45) is 1.12. The van der Waals surface area contributed by atoms with Gasteiger partial charge in [-0.1, -0.05) is 36.4 Å². The van der Waals surface area contributed by atoms with Crippen molar-refractivity contribution in [1.82, 2.24) is 5.32 Å². The normalized spacial score (nSPS) is 13.7. The molecule has 0 fully saturated rings. The van der Waals surface area contributed by atoms with Crippen molar-refractivity contribution in [1.29, 1.82) is 0 Å². The molecule has 0 aromatic heterocycles. The van der Waals surface area contributed by atoms with Gasteiger partial charge in [0.05, 0.1) is 18.0 Å². The van der Waals surface area contributed by atoms with Crippen LogP contribution in [-0.2, 0) is 14.8 Å². The summed E-state index contributed by atoms with van der Waals surface area (Å²) in [5, 5.41) is 2.90. The van der Waals surface area contributed by atoms with Gasteiger partial charge in [0.1, 0.15) is 6.04 Å². The molecule has 0 unspecified atom stereocenters. The Hall–Kier alpha value is -2.34. The number of rotatable bonds is 6. The lowest BCUT2D eigenvalue weighted by Crippen LogP contribution is -2.48. The van der Waals surface area contributed by atoms with E-state index in [0.717, 1.165) is 22.9 Å². The summed E-state index contributed by atoms with van der Waals surface area (Å²) in [6.45, 7) is 7.35. The molecule has 1 amide bonds. The number of aryl methyl sites for hydroxylation is 2. The second-order valence-electron chi connectivity index (χ2n) is 6.64. The van der Waals surface area contributed by atoms with E-state index in [1.807, 2.05) is 57.2 Å². The Kier molecular flexibility index (Phi) is 6.08. The standard InChI is InChI=1S/C20H26N2O3S/c1-14-11-12-19(13-15(14)2)22(26(5,24)25)17(4)20(23)21-16(3)18-9-7-6-8-10-18/h6-13,16-17H,1-5H3,(H,21,23)/t16-,17+/m1/s1. The van der Waals surface area contributed by atoms with Crippen LogP contribution in [0.2, 0.25) is 0 Å². The van der Waals surface area contributed by atoms with E-state index in [2.05, 4.69) is 5.32 Å². The molecule has 26 heavy (non-hydrogen) atoms. The SMILES string of the molecule is Cc1ccc(N([C@@H](C)C(=O)N[C@H](C)c2ccccc2)S(C)(=O)=O)cc1C. The summed E-state index contributed by atoms with van der Waals surface area (Å²) in [4.78, 5) is 12.7. The minimum atomic E-state index is -3.62. The zero-order valence-electron chi connectivity index (χ0n) is 15.9.